The summed E-state index contributed by atoms with van der Waals surface area (Å²) in [6.07, 6.45) is 0.234. The third-order valence-corrected chi connectivity index (χ3v) is 2.46. The highest BCUT2D eigenvalue weighted by Crippen LogP contribution is 2.16. The lowest BCUT2D eigenvalue weighted by atomic mass is 10.1. The molecular weight excluding hydrogens is 186 g/mol. The zero-order valence-electron chi connectivity index (χ0n) is 10.1. The fourth-order valence-electron chi connectivity index (χ4n) is 1.41. The van der Waals surface area contributed by atoms with Gasteiger partial charge in [0.2, 0.25) is 0 Å². The third-order valence-electron chi connectivity index (χ3n) is 2.46. The first kappa shape index (κ1) is 12.1. The maximum absolute atomic E-state index is 5.91. The number of ether oxygens (including phenoxy) is 1. The predicted molar refractivity (Wildman–Crippen MR) is 64.4 cm³/mol. The Morgan fingerprint density at radius 1 is 1.20 bits per heavy atom. The summed E-state index contributed by atoms with van der Waals surface area (Å²) < 4.78 is 5.91. The zero-order valence-corrected chi connectivity index (χ0v) is 10.1. The molecule has 1 aromatic rings. The summed E-state index contributed by atoms with van der Waals surface area (Å²) in [5.41, 5.74) is 1.26. The molecule has 0 aliphatic carbocycles. The number of rotatable bonds is 5. The maximum Gasteiger partial charge on any atom is 0.119 e. The minimum atomic E-state index is 0.234. The summed E-state index contributed by atoms with van der Waals surface area (Å²) in [6.45, 7) is 7.31. The van der Waals surface area contributed by atoms with E-state index < -0.39 is 0 Å². The Bertz CT molecular complexity index is 279. The van der Waals surface area contributed by atoms with Crippen molar-refractivity contribution < 1.29 is 4.74 Å². The number of hydrogen-bond donors (Lipinski definition) is 1. The van der Waals surface area contributed by atoms with E-state index in [1.54, 1.807) is 0 Å². The molecule has 0 amide bonds. The highest BCUT2D eigenvalue weighted by Gasteiger charge is 2.13. The molecule has 0 fully saturated rings. The lowest BCUT2D eigenvalue weighted by Crippen LogP contribution is -2.33. The highest BCUT2D eigenvalue weighted by molar-refractivity contribution is 5.26. The van der Waals surface area contributed by atoms with Crippen LogP contribution in [0.2, 0.25) is 0 Å². The number of aryl methyl sites for hydroxylation is 1. The van der Waals surface area contributed by atoms with Crippen LogP contribution in [0, 0.1) is 12.8 Å². The van der Waals surface area contributed by atoms with Gasteiger partial charge in [0.05, 0.1) is 0 Å². The van der Waals surface area contributed by atoms with Crippen LogP contribution in [0.1, 0.15) is 19.4 Å². The van der Waals surface area contributed by atoms with Gasteiger partial charge in [-0.15, -0.1) is 0 Å². The van der Waals surface area contributed by atoms with Gasteiger partial charge in [0.15, 0.2) is 0 Å². The molecule has 0 saturated heterocycles. The summed E-state index contributed by atoms with van der Waals surface area (Å²) in [4.78, 5) is 0. The van der Waals surface area contributed by atoms with E-state index in [0.29, 0.717) is 5.92 Å². The normalized spacial score (nSPS) is 12.9. The van der Waals surface area contributed by atoms with Crippen molar-refractivity contribution in [1.29, 1.82) is 0 Å². The Balaban J connectivity index is 2.61. The van der Waals surface area contributed by atoms with Gasteiger partial charge in [0.1, 0.15) is 11.9 Å². The van der Waals surface area contributed by atoms with E-state index in [1.165, 1.54) is 5.56 Å². The van der Waals surface area contributed by atoms with Gasteiger partial charge >= 0.3 is 0 Å². The van der Waals surface area contributed by atoms with E-state index in [2.05, 4.69) is 38.2 Å². The lowest BCUT2D eigenvalue weighted by molar-refractivity contribution is 0.151. The molecule has 1 atom stereocenters. The standard InChI is InChI=1S/C13H21NO/c1-10(2)13(9-14-4)15-12-7-5-11(3)6-8-12/h5-8,10,13-14H,9H2,1-4H3. The molecule has 1 rings (SSSR count). The van der Waals surface area contributed by atoms with E-state index in [9.17, 15) is 0 Å². The molecular formula is C13H21NO. The number of likely N-dealkylation sites (N-methyl/N-ethyl adjacent to an activating group) is 1. The van der Waals surface area contributed by atoms with Crippen LogP contribution in [-0.4, -0.2) is 19.7 Å². The molecule has 0 heterocycles. The quantitative estimate of drug-likeness (QED) is 0.801. The van der Waals surface area contributed by atoms with Crippen molar-refractivity contribution in [2.75, 3.05) is 13.6 Å². The number of nitrogens with one attached hydrogen (secondary N) is 1. The van der Waals surface area contributed by atoms with Gasteiger partial charge in [-0.25, -0.2) is 0 Å². The van der Waals surface area contributed by atoms with Crippen LogP contribution in [0.25, 0.3) is 0 Å². The molecule has 2 heteroatoms. The van der Waals surface area contributed by atoms with Crippen LogP contribution in [0.4, 0.5) is 0 Å². The average Bonchev–Trinajstić information content (AvgIpc) is 2.20. The Labute approximate surface area is 92.6 Å². The Kier molecular flexibility index (Phi) is 4.63. The zero-order chi connectivity index (χ0) is 11.3. The first-order chi connectivity index (χ1) is 7.13. The molecule has 0 bridgehead atoms. The van der Waals surface area contributed by atoms with Crippen molar-refractivity contribution in [3.8, 4) is 5.75 Å². The van der Waals surface area contributed by atoms with Crippen molar-refractivity contribution in [1.82, 2.24) is 5.32 Å². The average molecular weight is 207 g/mol. The summed E-state index contributed by atoms with van der Waals surface area (Å²) >= 11 is 0. The minimum Gasteiger partial charge on any atom is -0.489 e. The van der Waals surface area contributed by atoms with Gasteiger partial charge in [-0.2, -0.15) is 0 Å². The van der Waals surface area contributed by atoms with Gasteiger partial charge in [0, 0.05) is 6.54 Å². The van der Waals surface area contributed by atoms with E-state index in [-0.39, 0.29) is 6.10 Å². The number of hydrogen-bond acceptors (Lipinski definition) is 2. The summed E-state index contributed by atoms with van der Waals surface area (Å²) in [7, 11) is 1.95. The molecule has 0 aromatic heterocycles. The van der Waals surface area contributed by atoms with Crippen LogP contribution in [0.5, 0.6) is 5.75 Å². The Morgan fingerprint density at radius 3 is 2.27 bits per heavy atom. The molecule has 1 unspecified atom stereocenters. The van der Waals surface area contributed by atoms with Crippen LogP contribution in [0.15, 0.2) is 24.3 Å². The predicted octanol–water partition coefficient (Wildman–Crippen LogP) is 2.62. The molecule has 1 N–H and O–H groups in total. The summed E-state index contributed by atoms with van der Waals surface area (Å²) in [6, 6.07) is 8.21. The molecule has 2 nitrogen and oxygen atoms in total. The van der Waals surface area contributed by atoms with E-state index in [4.69, 9.17) is 4.74 Å². The Morgan fingerprint density at radius 2 is 1.80 bits per heavy atom. The second-order valence-electron chi connectivity index (χ2n) is 4.27. The van der Waals surface area contributed by atoms with E-state index in [1.807, 2.05) is 19.2 Å². The minimum absolute atomic E-state index is 0.234. The van der Waals surface area contributed by atoms with E-state index >= 15 is 0 Å². The van der Waals surface area contributed by atoms with Crippen molar-refractivity contribution in [3.05, 3.63) is 29.8 Å². The fourth-order valence-corrected chi connectivity index (χ4v) is 1.41. The van der Waals surface area contributed by atoms with Gasteiger partial charge in [-0.05, 0) is 32.0 Å². The van der Waals surface area contributed by atoms with Crippen LogP contribution in [0.3, 0.4) is 0 Å². The highest BCUT2D eigenvalue weighted by atomic mass is 16.5. The SMILES string of the molecule is CNCC(Oc1ccc(C)cc1)C(C)C. The molecule has 0 saturated carbocycles. The third kappa shape index (κ3) is 3.92. The maximum atomic E-state index is 5.91. The summed E-state index contributed by atoms with van der Waals surface area (Å²) in [5, 5.41) is 3.16. The molecule has 0 aliphatic heterocycles. The van der Waals surface area contributed by atoms with Gasteiger partial charge < -0.3 is 10.1 Å². The largest absolute Gasteiger partial charge is 0.489 e. The fraction of sp³-hybridized carbons (Fsp3) is 0.538. The smallest absolute Gasteiger partial charge is 0.119 e. The molecule has 15 heavy (non-hydrogen) atoms. The van der Waals surface area contributed by atoms with Crippen molar-refractivity contribution >= 4 is 0 Å². The van der Waals surface area contributed by atoms with Crippen molar-refractivity contribution in [2.45, 2.75) is 26.9 Å². The first-order valence-electron chi connectivity index (χ1n) is 5.51. The van der Waals surface area contributed by atoms with Crippen LogP contribution in [-0.2, 0) is 0 Å². The molecule has 0 aliphatic rings. The topological polar surface area (TPSA) is 21.3 Å². The second-order valence-corrected chi connectivity index (χ2v) is 4.27. The van der Waals surface area contributed by atoms with Crippen molar-refractivity contribution in [2.24, 2.45) is 5.92 Å². The number of benzene rings is 1. The van der Waals surface area contributed by atoms with Crippen molar-refractivity contribution in [3.63, 3.8) is 0 Å². The molecule has 0 radical (unpaired) electrons. The van der Waals surface area contributed by atoms with Crippen LogP contribution < -0.4 is 10.1 Å². The lowest BCUT2D eigenvalue weighted by Gasteiger charge is -2.22. The first-order valence-corrected chi connectivity index (χ1v) is 5.51. The van der Waals surface area contributed by atoms with Crippen LogP contribution >= 0.6 is 0 Å². The van der Waals surface area contributed by atoms with Gasteiger partial charge in [0.25, 0.3) is 0 Å². The molecule has 1 aromatic carbocycles. The van der Waals surface area contributed by atoms with E-state index in [0.717, 1.165) is 12.3 Å². The second kappa shape index (κ2) is 5.76. The summed E-state index contributed by atoms with van der Waals surface area (Å²) in [5.74, 6) is 1.47. The molecule has 0 spiro atoms. The van der Waals surface area contributed by atoms with Gasteiger partial charge in [-0.3, -0.25) is 0 Å². The Hall–Kier alpha value is -1.02. The monoisotopic (exact) mass is 207 g/mol. The van der Waals surface area contributed by atoms with Gasteiger partial charge in [-0.1, -0.05) is 31.5 Å². The molecule has 84 valence electrons.